The van der Waals surface area contributed by atoms with Gasteiger partial charge in [0.25, 0.3) is 0 Å². The van der Waals surface area contributed by atoms with E-state index < -0.39 is 10.0 Å². The van der Waals surface area contributed by atoms with E-state index in [1.54, 1.807) is 49.6 Å². The van der Waals surface area contributed by atoms with E-state index >= 15 is 0 Å². The summed E-state index contributed by atoms with van der Waals surface area (Å²) >= 11 is 1.28. The van der Waals surface area contributed by atoms with Gasteiger partial charge in [0.2, 0.25) is 10.0 Å². The fraction of sp³-hybridized carbons (Fsp3) is 0.214. The van der Waals surface area contributed by atoms with E-state index in [1.165, 1.54) is 11.8 Å². The molecule has 2 rings (SSSR count). The van der Waals surface area contributed by atoms with Crippen molar-refractivity contribution in [2.75, 3.05) is 11.0 Å². The van der Waals surface area contributed by atoms with Crippen molar-refractivity contribution in [3.63, 3.8) is 0 Å². The van der Waals surface area contributed by atoms with Crippen molar-refractivity contribution in [1.29, 1.82) is 0 Å². The Morgan fingerprint density at radius 2 is 1.77 bits per heavy atom. The second-order valence-electron chi connectivity index (χ2n) is 4.61. The minimum atomic E-state index is -3.32. The van der Waals surface area contributed by atoms with Crippen LogP contribution < -0.4 is 4.72 Å². The van der Waals surface area contributed by atoms with E-state index in [-0.39, 0.29) is 11.0 Å². The fourth-order valence-electron chi connectivity index (χ4n) is 1.71. The number of thioether (sulfide) groups is 1. The van der Waals surface area contributed by atoms with E-state index in [1.807, 2.05) is 0 Å². The largest absolute Gasteiger partial charge is 0.293 e. The molecule has 0 fully saturated rings. The van der Waals surface area contributed by atoms with Crippen LogP contribution in [0, 0.1) is 0 Å². The van der Waals surface area contributed by atoms with Crippen LogP contribution in [-0.4, -0.2) is 35.7 Å². The molecule has 8 heteroatoms. The number of carbonyl (C=O) groups excluding carboxylic acids is 1. The lowest BCUT2D eigenvalue weighted by Crippen LogP contribution is -2.14. The molecule has 22 heavy (non-hydrogen) atoms. The first-order valence-electron chi connectivity index (χ1n) is 6.41. The average Bonchev–Trinajstić information content (AvgIpc) is 2.46. The summed E-state index contributed by atoms with van der Waals surface area (Å²) in [7, 11) is -3.32. The fourth-order valence-corrected chi connectivity index (χ4v) is 3.08. The number of anilines is 1. The maximum atomic E-state index is 12.3. The summed E-state index contributed by atoms with van der Waals surface area (Å²) in [6.07, 6.45) is 4.32. The molecule has 1 aromatic carbocycles. The zero-order valence-corrected chi connectivity index (χ0v) is 13.7. The number of nitrogens with zero attached hydrogens (tertiary/aromatic N) is 2. The molecule has 0 aliphatic heterocycles. The second kappa shape index (κ2) is 6.89. The molecule has 2 aromatic rings. The Morgan fingerprint density at radius 1 is 1.18 bits per heavy atom. The summed E-state index contributed by atoms with van der Waals surface area (Å²) in [6.45, 7) is 1.78. The molecule has 6 nitrogen and oxygen atoms in total. The summed E-state index contributed by atoms with van der Waals surface area (Å²) in [5.41, 5.74) is 0.931. The van der Waals surface area contributed by atoms with Crippen LogP contribution in [-0.2, 0) is 10.0 Å². The summed E-state index contributed by atoms with van der Waals surface area (Å²) < 4.78 is 24.6. The number of hydrogen-bond donors (Lipinski definition) is 1. The van der Waals surface area contributed by atoms with E-state index in [2.05, 4.69) is 14.7 Å². The van der Waals surface area contributed by atoms with Crippen LogP contribution in [0.4, 0.5) is 5.69 Å². The number of ketones is 1. The first-order chi connectivity index (χ1) is 10.3. The molecule has 1 aromatic heterocycles. The molecule has 1 atom stereocenters. The van der Waals surface area contributed by atoms with Crippen molar-refractivity contribution in [2.45, 2.75) is 17.3 Å². The third-order valence-corrected chi connectivity index (χ3v) is 4.26. The highest BCUT2D eigenvalue weighted by Gasteiger charge is 2.17. The molecule has 0 aliphatic rings. The van der Waals surface area contributed by atoms with Crippen LogP contribution in [0.15, 0.2) is 47.9 Å². The molecule has 116 valence electrons. The van der Waals surface area contributed by atoms with Gasteiger partial charge in [-0.25, -0.2) is 18.4 Å². The van der Waals surface area contributed by atoms with Crippen LogP contribution in [0.2, 0.25) is 0 Å². The van der Waals surface area contributed by atoms with Crippen molar-refractivity contribution < 1.29 is 13.2 Å². The first kappa shape index (κ1) is 16.4. The first-order valence-corrected chi connectivity index (χ1v) is 9.18. The van der Waals surface area contributed by atoms with Crippen LogP contribution in [0.1, 0.15) is 17.3 Å². The van der Waals surface area contributed by atoms with Crippen molar-refractivity contribution in [1.82, 2.24) is 9.97 Å². The van der Waals surface area contributed by atoms with Gasteiger partial charge >= 0.3 is 0 Å². The van der Waals surface area contributed by atoms with Gasteiger partial charge in [-0.05, 0) is 37.3 Å². The number of benzene rings is 1. The molecular formula is C14H15N3O3S2. The summed E-state index contributed by atoms with van der Waals surface area (Å²) in [4.78, 5) is 20.5. The van der Waals surface area contributed by atoms with E-state index in [0.29, 0.717) is 16.4 Å². The highest BCUT2D eigenvalue weighted by Crippen LogP contribution is 2.22. The van der Waals surface area contributed by atoms with E-state index in [9.17, 15) is 13.2 Å². The number of sulfonamides is 1. The maximum Gasteiger partial charge on any atom is 0.229 e. The van der Waals surface area contributed by atoms with Gasteiger partial charge in [0.15, 0.2) is 10.9 Å². The minimum Gasteiger partial charge on any atom is -0.293 e. The van der Waals surface area contributed by atoms with Crippen LogP contribution in [0.25, 0.3) is 0 Å². The van der Waals surface area contributed by atoms with Gasteiger partial charge in [0.05, 0.1) is 11.5 Å². The molecule has 0 bridgehead atoms. The van der Waals surface area contributed by atoms with Crippen molar-refractivity contribution in [3.05, 3.63) is 48.3 Å². The molecule has 0 spiro atoms. The Kier molecular flexibility index (Phi) is 5.15. The Hall–Kier alpha value is -1.93. The minimum absolute atomic E-state index is 0.0663. The second-order valence-corrected chi connectivity index (χ2v) is 7.66. The molecule has 1 N–H and O–H groups in total. The predicted molar refractivity (Wildman–Crippen MR) is 86.6 cm³/mol. The normalized spacial score (nSPS) is 12.6. The third-order valence-electron chi connectivity index (χ3n) is 2.67. The Balaban J connectivity index is 2.06. The third kappa shape index (κ3) is 4.81. The van der Waals surface area contributed by atoms with Crippen molar-refractivity contribution >= 4 is 33.3 Å². The van der Waals surface area contributed by atoms with Crippen molar-refractivity contribution in [3.8, 4) is 0 Å². The molecule has 0 saturated heterocycles. The molecular weight excluding hydrogens is 322 g/mol. The summed E-state index contributed by atoms with van der Waals surface area (Å²) in [5, 5.41) is 0.204. The average molecular weight is 337 g/mol. The monoisotopic (exact) mass is 337 g/mol. The molecule has 0 unspecified atom stereocenters. The number of carbonyl (C=O) groups is 1. The van der Waals surface area contributed by atoms with E-state index in [0.717, 1.165) is 6.26 Å². The van der Waals surface area contributed by atoms with Crippen LogP contribution >= 0.6 is 11.8 Å². The van der Waals surface area contributed by atoms with Gasteiger partial charge in [-0.3, -0.25) is 9.52 Å². The Labute approximate surface area is 133 Å². The van der Waals surface area contributed by atoms with Gasteiger partial charge in [-0.2, -0.15) is 0 Å². The number of aromatic nitrogens is 2. The zero-order valence-electron chi connectivity index (χ0n) is 12.1. The van der Waals surface area contributed by atoms with Crippen molar-refractivity contribution in [2.24, 2.45) is 0 Å². The van der Waals surface area contributed by atoms with Gasteiger partial charge in [0, 0.05) is 23.6 Å². The highest BCUT2D eigenvalue weighted by atomic mass is 32.2. The van der Waals surface area contributed by atoms with Gasteiger partial charge < -0.3 is 0 Å². The zero-order chi connectivity index (χ0) is 16.2. The van der Waals surface area contributed by atoms with Crippen LogP contribution in [0.5, 0.6) is 0 Å². The van der Waals surface area contributed by atoms with Gasteiger partial charge in [0.1, 0.15) is 0 Å². The molecule has 0 radical (unpaired) electrons. The molecule has 0 saturated carbocycles. The maximum absolute atomic E-state index is 12.3. The number of rotatable bonds is 6. The summed E-state index contributed by atoms with van der Waals surface area (Å²) in [6, 6.07) is 8.02. The standard InChI is InChI=1S/C14H15N3O3S2/c1-10(21-14-15-8-3-9-16-14)13(18)11-4-6-12(7-5-11)17-22(2,19)20/h3-10,17H,1-2H3/t10-/m1/s1. The van der Waals surface area contributed by atoms with E-state index in [4.69, 9.17) is 0 Å². The molecule has 0 amide bonds. The lowest BCUT2D eigenvalue weighted by molar-refractivity contribution is 0.0994. The number of nitrogens with one attached hydrogen (secondary N) is 1. The van der Waals surface area contributed by atoms with Gasteiger partial charge in [-0.1, -0.05) is 11.8 Å². The number of Topliss-reactive ketones (excluding diaryl/α,β-unsaturated/α-hetero) is 1. The van der Waals surface area contributed by atoms with Gasteiger partial charge in [-0.15, -0.1) is 0 Å². The Bertz CT molecular complexity index is 747. The quantitative estimate of drug-likeness (QED) is 0.494. The summed E-state index contributed by atoms with van der Waals surface area (Å²) in [5.74, 6) is -0.0663. The predicted octanol–water partition coefficient (Wildman–Crippen LogP) is 2.21. The Morgan fingerprint density at radius 3 is 2.32 bits per heavy atom. The topological polar surface area (TPSA) is 89.0 Å². The van der Waals surface area contributed by atoms with Crippen LogP contribution in [0.3, 0.4) is 0 Å². The lowest BCUT2D eigenvalue weighted by atomic mass is 10.1. The molecule has 1 heterocycles. The smallest absolute Gasteiger partial charge is 0.229 e. The molecule has 0 aliphatic carbocycles. The number of hydrogen-bond acceptors (Lipinski definition) is 6. The highest BCUT2D eigenvalue weighted by molar-refractivity contribution is 8.00. The SMILES string of the molecule is C[C@@H](Sc1ncccn1)C(=O)c1ccc(NS(C)(=O)=O)cc1. The lowest BCUT2D eigenvalue weighted by Gasteiger charge is -2.10.